The monoisotopic (exact) mass is 788 g/mol. The average molecular weight is 789 g/mol. The van der Waals surface area contributed by atoms with Gasteiger partial charge >= 0.3 is 0 Å². The van der Waals surface area contributed by atoms with Crippen LogP contribution in [0.4, 0.5) is 0 Å². The summed E-state index contributed by atoms with van der Waals surface area (Å²) in [5.41, 5.74) is 12.1. The van der Waals surface area contributed by atoms with Crippen molar-refractivity contribution in [2.45, 2.75) is 0 Å². The van der Waals surface area contributed by atoms with E-state index >= 15 is 0 Å². The summed E-state index contributed by atoms with van der Waals surface area (Å²) in [6, 6.07) is 73.2. The number of aromatic nitrogens is 4. The van der Waals surface area contributed by atoms with Crippen LogP contribution >= 0.6 is 0 Å². The Hall–Kier alpha value is -8.34. The van der Waals surface area contributed by atoms with E-state index in [2.05, 4.69) is 206 Å². The van der Waals surface area contributed by atoms with Crippen molar-refractivity contribution >= 4 is 54.0 Å². The van der Waals surface area contributed by atoms with Gasteiger partial charge < -0.3 is 0 Å². The topological polar surface area (TPSA) is 51.6 Å². The van der Waals surface area contributed by atoms with Crippen LogP contribution in [0.1, 0.15) is 0 Å². The molecule has 9 aromatic carbocycles. The van der Waals surface area contributed by atoms with E-state index in [1.807, 2.05) is 12.4 Å². The van der Waals surface area contributed by atoms with Crippen LogP contribution in [0.15, 0.2) is 219 Å². The second-order valence-corrected chi connectivity index (χ2v) is 15.9. The molecule has 3 aromatic heterocycles. The van der Waals surface area contributed by atoms with Crippen molar-refractivity contribution in [3.63, 3.8) is 0 Å². The SMILES string of the molecule is c1ccc2cc(-c3cc(-c4ccc5ccccc5c4)c4nc(-c5ccc(-c6nccc7ccccc67)cc5)nc(-c5ccc(-c6nccc7ccccc67)cc5)c4c3)ccc2c1. The van der Waals surface area contributed by atoms with E-state index in [1.165, 1.54) is 21.5 Å². The van der Waals surface area contributed by atoms with E-state index in [0.717, 1.165) is 94.0 Å². The molecule has 0 saturated carbocycles. The summed E-state index contributed by atoms with van der Waals surface area (Å²) < 4.78 is 0. The molecule has 12 rings (SSSR count). The lowest BCUT2D eigenvalue weighted by Crippen LogP contribution is -1.98. The average Bonchev–Trinajstić information content (AvgIpc) is 3.35. The van der Waals surface area contributed by atoms with Crippen molar-refractivity contribution < 1.29 is 0 Å². The highest BCUT2D eigenvalue weighted by Crippen LogP contribution is 2.41. The number of hydrogen-bond acceptors (Lipinski definition) is 4. The van der Waals surface area contributed by atoms with Gasteiger partial charge in [-0.25, -0.2) is 9.97 Å². The lowest BCUT2D eigenvalue weighted by atomic mass is 9.91. The van der Waals surface area contributed by atoms with Gasteiger partial charge in [-0.1, -0.05) is 170 Å². The summed E-state index contributed by atoms with van der Waals surface area (Å²) >= 11 is 0. The van der Waals surface area contributed by atoms with Gasteiger partial charge in [0.2, 0.25) is 0 Å². The number of hydrogen-bond donors (Lipinski definition) is 0. The Morgan fingerprint density at radius 2 is 0.710 bits per heavy atom. The molecule has 4 heteroatoms. The third-order valence-corrected chi connectivity index (χ3v) is 12.1. The molecule has 62 heavy (non-hydrogen) atoms. The normalized spacial score (nSPS) is 11.5. The summed E-state index contributed by atoms with van der Waals surface area (Å²) in [5.74, 6) is 0.658. The second kappa shape index (κ2) is 14.7. The number of fused-ring (bicyclic) bond motifs is 5. The van der Waals surface area contributed by atoms with Crippen molar-refractivity contribution in [3.8, 4) is 67.4 Å². The lowest BCUT2D eigenvalue weighted by molar-refractivity contribution is 1.23. The van der Waals surface area contributed by atoms with Gasteiger partial charge in [0.25, 0.3) is 0 Å². The van der Waals surface area contributed by atoms with Gasteiger partial charge in [0.1, 0.15) is 0 Å². The summed E-state index contributed by atoms with van der Waals surface area (Å²) in [5, 5.41) is 10.3. The molecule has 0 amide bonds. The van der Waals surface area contributed by atoms with Crippen LogP contribution in [-0.2, 0) is 0 Å². The standard InChI is InChI=1S/C58H36N4/c1-3-13-45-33-47(27-17-37(45)9-1)49-35-52(48-28-18-38-10-2-4-14-46(38)34-48)57-53(36-49)56(43-21-19-41(20-22-43)54-50-15-7-5-11-39(50)29-31-59-54)61-58(62-57)44-25-23-42(24-26-44)55-51-16-8-6-12-40(51)30-32-60-55/h1-36H. The lowest BCUT2D eigenvalue weighted by Gasteiger charge is -2.16. The molecular weight excluding hydrogens is 753 g/mol. The van der Waals surface area contributed by atoms with Crippen LogP contribution in [0.25, 0.3) is 121 Å². The number of benzene rings is 9. The van der Waals surface area contributed by atoms with Crippen LogP contribution < -0.4 is 0 Å². The Morgan fingerprint density at radius 1 is 0.258 bits per heavy atom. The molecule has 0 bridgehead atoms. The zero-order valence-electron chi connectivity index (χ0n) is 33.6. The highest BCUT2D eigenvalue weighted by Gasteiger charge is 2.19. The molecule has 0 aliphatic carbocycles. The molecule has 4 nitrogen and oxygen atoms in total. The van der Waals surface area contributed by atoms with Crippen LogP contribution in [-0.4, -0.2) is 19.9 Å². The zero-order chi connectivity index (χ0) is 41.0. The van der Waals surface area contributed by atoms with Gasteiger partial charge in [0.05, 0.1) is 22.6 Å². The quantitative estimate of drug-likeness (QED) is 0.168. The van der Waals surface area contributed by atoms with Gasteiger partial charge in [-0.2, -0.15) is 0 Å². The molecular formula is C58H36N4. The van der Waals surface area contributed by atoms with Gasteiger partial charge in [-0.05, 0) is 85.4 Å². The van der Waals surface area contributed by atoms with E-state index < -0.39 is 0 Å². The first-order valence-corrected chi connectivity index (χ1v) is 20.9. The first-order chi connectivity index (χ1) is 30.7. The first kappa shape index (κ1) is 35.6. The Labute approximate surface area is 358 Å². The van der Waals surface area contributed by atoms with Crippen molar-refractivity contribution in [2.75, 3.05) is 0 Å². The van der Waals surface area contributed by atoms with Gasteiger partial charge in [-0.3, -0.25) is 9.97 Å². The van der Waals surface area contributed by atoms with Crippen LogP contribution in [0, 0.1) is 0 Å². The van der Waals surface area contributed by atoms with E-state index in [9.17, 15) is 0 Å². The molecule has 0 N–H and O–H groups in total. The van der Waals surface area contributed by atoms with E-state index in [4.69, 9.17) is 19.9 Å². The van der Waals surface area contributed by atoms with E-state index in [0.29, 0.717) is 5.82 Å². The predicted molar refractivity (Wildman–Crippen MR) is 258 cm³/mol. The Bertz CT molecular complexity index is 3680. The first-order valence-electron chi connectivity index (χ1n) is 20.9. The molecule has 0 spiro atoms. The van der Waals surface area contributed by atoms with Crippen LogP contribution in [0.5, 0.6) is 0 Å². The maximum absolute atomic E-state index is 5.49. The molecule has 0 saturated heterocycles. The second-order valence-electron chi connectivity index (χ2n) is 15.9. The van der Waals surface area contributed by atoms with Crippen molar-refractivity contribution in [1.82, 2.24) is 19.9 Å². The summed E-state index contributed by atoms with van der Waals surface area (Å²) in [4.78, 5) is 20.6. The minimum Gasteiger partial charge on any atom is -0.256 e. The van der Waals surface area contributed by atoms with Gasteiger partial charge in [0, 0.05) is 56.4 Å². The Morgan fingerprint density at radius 3 is 1.29 bits per heavy atom. The maximum Gasteiger partial charge on any atom is 0.160 e. The molecule has 0 unspecified atom stereocenters. The molecule has 0 atom stereocenters. The predicted octanol–water partition coefficient (Wildman–Crippen LogP) is 15.0. The van der Waals surface area contributed by atoms with E-state index in [-0.39, 0.29) is 0 Å². The molecule has 0 fully saturated rings. The van der Waals surface area contributed by atoms with Crippen molar-refractivity contribution in [2.24, 2.45) is 0 Å². The fourth-order valence-corrected chi connectivity index (χ4v) is 8.96. The highest BCUT2D eigenvalue weighted by atomic mass is 14.9. The fourth-order valence-electron chi connectivity index (χ4n) is 8.96. The van der Waals surface area contributed by atoms with Gasteiger partial charge in [-0.15, -0.1) is 0 Å². The summed E-state index contributed by atoms with van der Waals surface area (Å²) in [6.07, 6.45) is 3.77. The van der Waals surface area contributed by atoms with Crippen LogP contribution in [0.2, 0.25) is 0 Å². The third kappa shape index (κ3) is 6.25. The molecule has 0 radical (unpaired) electrons. The maximum atomic E-state index is 5.49. The summed E-state index contributed by atoms with van der Waals surface area (Å²) in [6.45, 7) is 0. The Kier molecular flexibility index (Phi) is 8.46. The highest BCUT2D eigenvalue weighted by molar-refractivity contribution is 6.06. The summed E-state index contributed by atoms with van der Waals surface area (Å²) in [7, 11) is 0. The third-order valence-electron chi connectivity index (χ3n) is 12.1. The van der Waals surface area contributed by atoms with Crippen molar-refractivity contribution in [1.29, 1.82) is 0 Å². The molecule has 0 aliphatic rings. The smallest absolute Gasteiger partial charge is 0.160 e. The Balaban J connectivity index is 1.09. The molecule has 3 heterocycles. The number of nitrogens with zero attached hydrogens (tertiary/aromatic N) is 4. The molecule has 288 valence electrons. The van der Waals surface area contributed by atoms with Gasteiger partial charge in [0.15, 0.2) is 5.82 Å². The minimum absolute atomic E-state index is 0.658. The van der Waals surface area contributed by atoms with E-state index in [1.54, 1.807) is 0 Å². The molecule has 0 aliphatic heterocycles. The molecule has 12 aromatic rings. The number of pyridine rings is 2. The number of rotatable bonds is 6. The zero-order valence-corrected chi connectivity index (χ0v) is 33.6. The fraction of sp³-hybridized carbons (Fsp3) is 0. The van der Waals surface area contributed by atoms with Crippen LogP contribution in [0.3, 0.4) is 0 Å². The largest absolute Gasteiger partial charge is 0.256 e. The van der Waals surface area contributed by atoms with Crippen molar-refractivity contribution in [3.05, 3.63) is 219 Å². The minimum atomic E-state index is 0.658.